The van der Waals surface area contributed by atoms with Gasteiger partial charge in [-0.15, -0.1) is 0 Å². The summed E-state index contributed by atoms with van der Waals surface area (Å²) in [5.41, 5.74) is 1.47. The number of nitrogens with one attached hydrogen (secondary N) is 1. The summed E-state index contributed by atoms with van der Waals surface area (Å²) in [6.07, 6.45) is 10.1. The summed E-state index contributed by atoms with van der Waals surface area (Å²) in [6, 6.07) is 14.4. The average molecular weight is 612 g/mol. The van der Waals surface area contributed by atoms with Gasteiger partial charge in [-0.2, -0.15) is 0 Å². The molecule has 10 heteroatoms. The van der Waals surface area contributed by atoms with Gasteiger partial charge in [0.1, 0.15) is 29.3 Å². The normalized spacial score (nSPS) is 20.5. The number of aliphatic imine (C=N–C) groups is 2. The second kappa shape index (κ2) is 13.0. The summed E-state index contributed by atoms with van der Waals surface area (Å²) in [4.78, 5) is 48.1. The molecule has 0 atom stereocenters. The van der Waals surface area contributed by atoms with Gasteiger partial charge in [0.15, 0.2) is 0 Å². The molecule has 0 bridgehead atoms. The van der Waals surface area contributed by atoms with Gasteiger partial charge >= 0.3 is 5.97 Å². The highest BCUT2D eigenvalue weighted by molar-refractivity contribution is 6.48. The lowest BCUT2D eigenvalue weighted by atomic mass is 9.88. The zero-order valence-electron chi connectivity index (χ0n) is 23.8. The first-order valence-electron chi connectivity index (χ1n) is 14.8. The lowest BCUT2D eigenvalue weighted by Gasteiger charge is -2.38. The zero-order chi connectivity index (χ0) is 29.7. The molecule has 2 aromatic rings. The van der Waals surface area contributed by atoms with Crippen LogP contribution in [0.1, 0.15) is 82.3 Å². The molecule has 2 aromatic carbocycles. The van der Waals surface area contributed by atoms with Crippen molar-refractivity contribution in [1.29, 1.82) is 0 Å². The molecule has 0 aromatic heterocycles. The number of hydrogen-bond acceptors (Lipinski definition) is 6. The second-order valence-electron chi connectivity index (χ2n) is 11.2. The molecule has 42 heavy (non-hydrogen) atoms. The van der Waals surface area contributed by atoms with Crippen LogP contribution < -0.4 is 5.32 Å². The molecular weight excluding hydrogens is 575 g/mol. The number of rotatable bonds is 5. The van der Waals surface area contributed by atoms with Gasteiger partial charge in [0.2, 0.25) is 0 Å². The van der Waals surface area contributed by atoms with Crippen molar-refractivity contribution in [2.24, 2.45) is 9.98 Å². The molecular formula is C32H36Cl2N4O4. The molecule has 1 N–H and O–H groups in total. The number of halogens is 2. The second-order valence-corrected chi connectivity index (χ2v) is 12.1. The summed E-state index contributed by atoms with van der Waals surface area (Å²) >= 11 is 12.0. The van der Waals surface area contributed by atoms with Crippen LogP contribution in [0.2, 0.25) is 10.0 Å². The number of carbonyl (C=O) groups is 3. The number of esters is 1. The Kier molecular flexibility index (Phi) is 9.33. The third-order valence-electron chi connectivity index (χ3n) is 8.28. The van der Waals surface area contributed by atoms with Crippen LogP contribution in [-0.2, 0) is 19.1 Å². The minimum Gasteiger partial charge on any atom is -0.465 e. The minimum atomic E-state index is -0.611. The highest BCUT2D eigenvalue weighted by atomic mass is 35.5. The molecule has 0 unspecified atom stereocenters. The van der Waals surface area contributed by atoms with Crippen molar-refractivity contribution in [1.82, 2.24) is 10.2 Å². The van der Waals surface area contributed by atoms with Crippen LogP contribution in [0.25, 0.3) is 0 Å². The third-order valence-corrected chi connectivity index (χ3v) is 8.75. The van der Waals surface area contributed by atoms with E-state index >= 15 is 0 Å². The van der Waals surface area contributed by atoms with Crippen LogP contribution in [0.5, 0.6) is 0 Å². The zero-order valence-corrected chi connectivity index (χ0v) is 25.3. The highest BCUT2D eigenvalue weighted by Gasteiger charge is 2.48. The Morgan fingerprint density at radius 2 is 1.43 bits per heavy atom. The molecule has 6 rings (SSSR count). The lowest BCUT2D eigenvalue weighted by Crippen LogP contribution is -2.50. The summed E-state index contributed by atoms with van der Waals surface area (Å²) in [6.45, 7) is 2.00. The largest absolute Gasteiger partial charge is 0.465 e. The lowest BCUT2D eigenvalue weighted by molar-refractivity contribution is -0.150. The highest BCUT2D eigenvalue weighted by Crippen LogP contribution is 2.40. The van der Waals surface area contributed by atoms with E-state index < -0.39 is 11.6 Å². The molecule has 222 valence electrons. The van der Waals surface area contributed by atoms with Crippen molar-refractivity contribution >= 4 is 52.4 Å². The van der Waals surface area contributed by atoms with E-state index in [1.54, 1.807) is 42.2 Å². The van der Waals surface area contributed by atoms with Gasteiger partial charge < -0.3 is 15.0 Å². The Bertz CT molecular complexity index is 1410. The summed E-state index contributed by atoms with van der Waals surface area (Å²) in [5, 5.41) is 4.24. The molecule has 2 spiro atoms. The Hall–Kier alpha value is -3.23. The molecule has 0 saturated heterocycles. The van der Waals surface area contributed by atoms with E-state index in [1.807, 2.05) is 18.2 Å². The van der Waals surface area contributed by atoms with E-state index in [9.17, 15) is 14.4 Å². The van der Waals surface area contributed by atoms with Gasteiger partial charge in [0, 0.05) is 21.2 Å². The standard InChI is InChI=1S/C18H21ClN2O3.C14H15ClN2O/c1-2-24-15(22)12-21-17(23)16(13-7-6-8-14(19)11-13)20-18(21)9-4-3-5-10-18;15-11-6-4-5-10(9-11)12-13(18)17-14(16-12)7-2-1-3-8-14/h6-8,11H,2-5,9-10,12H2,1H3;4-6,9H,1-3,7-8H2,(H,17,18). The maximum absolute atomic E-state index is 13.0. The summed E-state index contributed by atoms with van der Waals surface area (Å²) in [5.74, 6) is -0.676. The fraction of sp³-hybridized carbons (Fsp3) is 0.469. The minimum absolute atomic E-state index is 0.0553. The number of hydrogen-bond donors (Lipinski definition) is 1. The smallest absolute Gasteiger partial charge is 0.325 e. The van der Waals surface area contributed by atoms with Crippen molar-refractivity contribution in [2.45, 2.75) is 82.5 Å². The van der Waals surface area contributed by atoms with Crippen molar-refractivity contribution in [3.63, 3.8) is 0 Å². The monoisotopic (exact) mass is 610 g/mol. The first-order valence-corrected chi connectivity index (χ1v) is 15.5. The van der Waals surface area contributed by atoms with E-state index in [0.717, 1.165) is 63.4 Å². The van der Waals surface area contributed by atoms with Gasteiger partial charge in [-0.05, 0) is 82.6 Å². The van der Waals surface area contributed by atoms with Crippen molar-refractivity contribution in [2.75, 3.05) is 13.2 Å². The first kappa shape index (κ1) is 30.2. The fourth-order valence-electron chi connectivity index (χ4n) is 6.28. The molecule has 2 amide bonds. The van der Waals surface area contributed by atoms with Gasteiger partial charge in [0.25, 0.3) is 11.8 Å². The van der Waals surface area contributed by atoms with Crippen LogP contribution in [0, 0.1) is 0 Å². The van der Waals surface area contributed by atoms with Gasteiger partial charge in [0.05, 0.1) is 6.61 Å². The molecule has 8 nitrogen and oxygen atoms in total. The van der Waals surface area contributed by atoms with Crippen LogP contribution in [-0.4, -0.2) is 58.6 Å². The Balaban J connectivity index is 0.000000175. The molecule has 4 aliphatic rings. The predicted octanol–water partition coefficient (Wildman–Crippen LogP) is 6.11. The summed E-state index contributed by atoms with van der Waals surface area (Å²) < 4.78 is 5.04. The predicted molar refractivity (Wildman–Crippen MR) is 164 cm³/mol. The maximum atomic E-state index is 13.0. The van der Waals surface area contributed by atoms with Crippen LogP contribution >= 0.6 is 23.2 Å². The van der Waals surface area contributed by atoms with Crippen molar-refractivity contribution in [3.05, 3.63) is 69.7 Å². The quantitative estimate of drug-likeness (QED) is 0.412. The summed E-state index contributed by atoms with van der Waals surface area (Å²) in [7, 11) is 0. The van der Waals surface area contributed by atoms with E-state index in [0.29, 0.717) is 33.6 Å². The Labute approximate surface area is 256 Å². The maximum Gasteiger partial charge on any atom is 0.325 e. The number of ether oxygens (including phenoxy) is 1. The van der Waals surface area contributed by atoms with Gasteiger partial charge in [-0.1, -0.05) is 60.3 Å². The van der Waals surface area contributed by atoms with Crippen LogP contribution in [0.4, 0.5) is 0 Å². The Morgan fingerprint density at radius 3 is 2.00 bits per heavy atom. The van der Waals surface area contributed by atoms with E-state index in [4.69, 9.17) is 32.9 Å². The Morgan fingerprint density at radius 1 is 0.857 bits per heavy atom. The number of carbonyl (C=O) groups excluding carboxylic acids is 3. The number of amides is 2. The molecule has 2 heterocycles. The van der Waals surface area contributed by atoms with Crippen molar-refractivity contribution < 1.29 is 19.1 Å². The first-order chi connectivity index (χ1) is 20.2. The molecule has 2 aliphatic heterocycles. The van der Waals surface area contributed by atoms with E-state index in [2.05, 4.69) is 10.3 Å². The van der Waals surface area contributed by atoms with Gasteiger partial charge in [-0.3, -0.25) is 24.4 Å². The SMILES string of the molecule is CCOC(=O)CN1C(=O)C(c2cccc(Cl)c2)=NC12CCCCC2.O=C1NC2(CCCCC2)N=C1c1cccc(Cl)c1. The van der Waals surface area contributed by atoms with Crippen molar-refractivity contribution in [3.8, 4) is 0 Å². The third kappa shape index (κ3) is 6.55. The molecule has 2 aliphatic carbocycles. The van der Waals surface area contributed by atoms with Crippen LogP contribution in [0.3, 0.4) is 0 Å². The fourth-order valence-corrected chi connectivity index (χ4v) is 6.66. The molecule has 0 radical (unpaired) electrons. The van der Waals surface area contributed by atoms with E-state index in [1.165, 1.54) is 6.42 Å². The number of nitrogens with zero attached hydrogens (tertiary/aromatic N) is 3. The average Bonchev–Trinajstić information content (AvgIpc) is 3.43. The van der Waals surface area contributed by atoms with E-state index in [-0.39, 0.29) is 24.0 Å². The molecule has 2 saturated carbocycles. The van der Waals surface area contributed by atoms with Crippen LogP contribution in [0.15, 0.2) is 58.5 Å². The van der Waals surface area contributed by atoms with Gasteiger partial charge in [-0.25, -0.2) is 0 Å². The topological polar surface area (TPSA) is 100 Å². The molecule has 2 fully saturated rings. The number of benzene rings is 2.